The first-order chi connectivity index (χ1) is 9.04. The Morgan fingerprint density at radius 1 is 1.32 bits per heavy atom. The van der Waals surface area contributed by atoms with Gasteiger partial charge in [-0.3, -0.25) is 0 Å². The number of hydrogen-bond acceptors (Lipinski definition) is 2. The predicted octanol–water partition coefficient (Wildman–Crippen LogP) is 3.73. The van der Waals surface area contributed by atoms with Gasteiger partial charge in [0.1, 0.15) is 5.82 Å². The van der Waals surface area contributed by atoms with E-state index in [9.17, 15) is 4.39 Å². The van der Waals surface area contributed by atoms with Crippen molar-refractivity contribution in [2.75, 3.05) is 18.5 Å². The average molecular weight is 264 g/mol. The molecule has 1 unspecified atom stereocenters. The van der Waals surface area contributed by atoms with Crippen LogP contribution in [0.15, 0.2) is 18.2 Å². The lowest BCUT2D eigenvalue weighted by Gasteiger charge is -2.32. The molecule has 2 nitrogen and oxygen atoms in total. The Morgan fingerprint density at radius 2 is 2.00 bits per heavy atom. The largest absolute Gasteiger partial charge is 0.366 e. The summed E-state index contributed by atoms with van der Waals surface area (Å²) in [5.41, 5.74) is 1.84. The monoisotopic (exact) mass is 264 g/mol. The molecule has 1 fully saturated rings. The fourth-order valence-electron chi connectivity index (χ4n) is 2.48. The fraction of sp³-hybridized carbons (Fsp3) is 0.625. The number of benzene rings is 1. The molecular formula is C16H25FN2. The zero-order chi connectivity index (χ0) is 14.0. The molecule has 1 saturated carbocycles. The predicted molar refractivity (Wildman–Crippen MR) is 79.1 cm³/mol. The summed E-state index contributed by atoms with van der Waals surface area (Å²) >= 11 is 0. The lowest BCUT2D eigenvalue weighted by molar-refractivity contribution is 0.571. The molecule has 0 aromatic heterocycles. The molecule has 1 aliphatic carbocycles. The van der Waals surface area contributed by atoms with Crippen molar-refractivity contribution in [3.05, 3.63) is 29.6 Å². The lowest BCUT2D eigenvalue weighted by atomic mass is 10.0. The molecular weight excluding hydrogens is 239 g/mol. The van der Waals surface area contributed by atoms with Crippen LogP contribution in [0, 0.1) is 11.7 Å². The van der Waals surface area contributed by atoms with Crippen LogP contribution in [0.5, 0.6) is 0 Å². The van der Waals surface area contributed by atoms with Gasteiger partial charge in [-0.2, -0.15) is 0 Å². The van der Waals surface area contributed by atoms with Crippen molar-refractivity contribution >= 4 is 5.69 Å². The number of nitrogens with one attached hydrogen (secondary N) is 1. The van der Waals surface area contributed by atoms with Crippen LogP contribution in [-0.2, 0) is 0 Å². The van der Waals surface area contributed by atoms with Crippen LogP contribution in [0.1, 0.15) is 45.2 Å². The molecule has 1 N–H and O–H groups in total. The van der Waals surface area contributed by atoms with Crippen molar-refractivity contribution in [1.82, 2.24) is 5.32 Å². The molecule has 0 saturated heterocycles. The zero-order valence-corrected chi connectivity index (χ0v) is 12.4. The first kappa shape index (κ1) is 14.3. The minimum absolute atomic E-state index is 0.103. The summed E-state index contributed by atoms with van der Waals surface area (Å²) < 4.78 is 14.4. The molecule has 1 aromatic carbocycles. The van der Waals surface area contributed by atoms with E-state index in [1.165, 1.54) is 12.8 Å². The summed E-state index contributed by atoms with van der Waals surface area (Å²) in [6.45, 7) is 7.33. The Balaban J connectivity index is 2.38. The highest BCUT2D eigenvalue weighted by Crippen LogP contribution is 2.36. The van der Waals surface area contributed by atoms with Crippen LogP contribution < -0.4 is 10.2 Å². The summed E-state index contributed by atoms with van der Waals surface area (Å²) in [5, 5.41) is 3.22. The second-order valence-corrected chi connectivity index (χ2v) is 5.88. The van der Waals surface area contributed by atoms with Gasteiger partial charge in [0.15, 0.2) is 0 Å². The van der Waals surface area contributed by atoms with E-state index in [1.807, 2.05) is 13.1 Å². The third-order valence-electron chi connectivity index (χ3n) is 3.98. The van der Waals surface area contributed by atoms with Crippen LogP contribution in [0.4, 0.5) is 10.1 Å². The van der Waals surface area contributed by atoms with E-state index in [0.717, 1.165) is 23.7 Å². The maximum absolute atomic E-state index is 14.4. The van der Waals surface area contributed by atoms with Gasteiger partial charge in [-0.05, 0) is 58.2 Å². The summed E-state index contributed by atoms with van der Waals surface area (Å²) in [6, 6.07) is 5.88. The summed E-state index contributed by atoms with van der Waals surface area (Å²) in [4.78, 5) is 2.23. The van der Waals surface area contributed by atoms with Gasteiger partial charge in [0.25, 0.3) is 0 Å². The third kappa shape index (κ3) is 3.27. The molecule has 106 valence electrons. The minimum Gasteiger partial charge on any atom is -0.366 e. The Hall–Kier alpha value is -1.09. The van der Waals surface area contributed by atoms with E-state index in [-0.39, 0.29) is 11.9 Å². The second-order valence-electron chi connectivity index (χ2n) is 5.88. The lowest BCUT2D eigenvalue weighted by Crippen LogP contribution is -2.35. The number of nitrogens with zero attached hydrogens (tertiary/aromatic N) is 1. The van der Waals surface area contributed by atoms with Crippen molar-refractivity contribution in [1.29, 1.82) is 0 Å². The van der Waals surface area contributed by atoms with Gasteiger partial charge in [-0.25, -0.2) is 4.39 Å². The van der Waals surface area contributed by atoms with Crippen molar-refractivity contribution in [2.45, 2.75) is 45.7 Å². The normalized spacial score (nSPS) is 16.7. The smallest absolute Gasteiger partial charge is 0.146 e. The van der Waals surface area contributed by atoms with Gasteiger partial charge < -0.3 is 10.2 Å². The minimum atomic E-state index is -0.103. The highest BCUT2D eigenvalue weighted by Gasteiger charge is 2.28. The number of hydrogen-bond donors (Lipinski definition) is 1. The maximum atomic E-state index is 14.4. The standard InChI is InChI=1S/C16H25FN2/c1-11(2)19(10-13-8-9-13)16-14(12(3)18-4)6-5-7-15(16)17/h5-7,11-13,18H,8-10H2,1-4H3. The van der Waals surface area contributed by atoms with Crippen molar-refractivity contribution in [3.63, 3.8) is 0 Å². The Morgan fingerprint density at radius 3 is 2.53 bits per heavy atom. The third-order valence-corrected chi connectivity index (χ3v) is 3.98. The molecule has 0 aliphatic heterocycles. The van der Waals surface area contributed by atoms with Crippen LogP contribution >= 0.6 is 0 Å². The Labute approximate surface area is 116 Å². The molecule has 3 heteroatoms. The van der Waals surface area contributed by atoms with Gasteiger partial charge >= 0.3 is 0 Å². The van der Waals surface area contributed by atoms with Gasteiger partial charge in [0.2, 0.25) is 0 Å². The number of halogens is 1. The van der Waals surface area contributed by atoms with E-state index >= 15 is 0 Å². The Bertz CT molecular complexity index is 427. The van der Waals surface area contributed by atoms with Gasteiger partial charge in [-0.1, -0.05) is 12.1 Å². The molecule has 1 atom stereocenters. The summed E-state index contributed by atoms with van der Waals surface area (Å²) in [6.07, 6.45) is 2.57. The first-order valence-corrected chi connectivity index (χ1v) is 7.27. The highest BCUT2D eigenvalue weighted by molar-refractivity contribution is 5.57. The van der Waals surface area contributed by atoms with Gasteiger partial charge in [-0.15, -0.1) is 0 Å². The molecule has 0 bridgehead atoms. The highest BCUT2D eigenvalue weighted by atomic mass is 19.1. The SMILES string of the molecule is CNC(C)c1cccc(F)c1N(CC1CC1)C(C)C. The zero-order valence-electron chi connectivity index (χ0n) is 12.4. The van der Waals surface area contributed by atoms with E-state index in [1.54, 1.807) is 12.1 Å². The van der Waals surface area contributed by atoms with Crippen molar-refractivity contribution in [2.24, 2.45) is 5.92 Å². The van der Waals surface area contributed by atoms with E-state index in [0.29, 0.717) is 6.04 Å². The quantitative estimate of drug-likeness (QED) is 0.842. The molecule has 19 heavy (non-hydrogen) atoms. The average Bonchev–Trinajstić information content (AvgIpc) is 3.19. The second kappa shape index (κ2) is 5.91. The van der Waals surface area contributed by atoms with Crippen molar-refractivity contribution < 1.29 is 4.39 Å². The van der Waals surface area contributed by atoms with Crippen LogP contribution in [-0.4, -0.2) is 19.6 Å². The van der Waals surface area contributed by atoms with E-state index in [2.05, 4.69) is 31.0 Å². The number of anilines is 1. The molecule has 2 rings (SSSR count). The van der Waals surface area contributed by atoms with E-state index in [4.69, 9.17) is 0 Å². The fourth-order valence-corrected chi connectivity index (χ4v) is 2.48. The van der Waals surface area contributed by atoms with Crippen LogP contribution in [0.2, 0.25) is 0 Å². The van der Waals surface area contributed by atoms with Crippen LogP contribution in [0.3, 0.4) is 0 Å². The van der Waals surface area contributed by atoms with Crippen LogP contribution in [0.25, 0.3) is 0 Å². The molecule has 0 amide bonds. The summed E-state index contributed by atoms with van der Waals surface area (Å²) in [5.74, 6) is 0.647. The molecule has 0 spiro atoms. The molecule has 1 aromatic rings. The van der Waals surface area contributed by atoms with Crippen molar-refractivity contribution in [3.8, 4) is 0 Å². The van der Waals surface area contributed by atoms with Gasteiger partial charge in [0.05, 0.1) is 5.69 Å². The molecule has 0 heterocycles. The first-order valence-electron chi connectivity index (χ1n) is 7.27. The summed E-state index contributed by atoms with van der Waals surface area (Å²) in [7, 11) is 1.92. The topological polar surface area (TPSA) is 15.3 Å². The number of rotatable bonds is 6. The Kier molecular flexibility index (Phi) is 4.46. The van der Waals surface area contributed by atoms with Gasteiger partial charge in [0, 0.05) is 18.6 Å². The van der Waals surface area contributed by atoms with E-state index < -0.39 is 0 Å². The maximum Gasteiger partial charge on any atom is 0.146 e. The molecule has 0 radical (unpaired) electrons. The molecule has 1 aliphatic rings. The number of para-hydroxylation sites is 1.